The second-order valence-corrected chi connectivity index (χ2v) is 10.5. The van der Waals surface area contributed by atoms with Crippen molar-refractivity contribution >= 4 is 34.4 Å². The van der Waals surface area contributed by atoms with E-state index in [1.54, 1.807) is 17.5 Å². The molecule has 0 fully saturated rings. The normalized spacial score (nSPS) is 17.6. The van der Waals surface area contributed by atoms with Gasteiger partial charge in [0.2, 0.25) is 0 Å². The molecule has 0 saturated heterocycles. The van der Waals surface area contributed by atoms with E-state index in [9.17, 15) is 18.3 Å². The zero-order valence-electron chi connectivity index (χ0n) is 20.9. The summed E-state index contributed by atoms with van der Waals surface area (Å²) in [5.74, 6) is 1.04. The number of benzene rings is 2. The first kappa shape index (κ1) is 25.2. The van der Waals surface area contributed by atoms with Crippen LogP contribution < -0.4 is 14.8 Å². The Morgan fingerprint density at radius 3 is 2.51 bits per heavy atom. The number of methoxy groups -OCH3 is 2. The first-order chi connectivity index (χ1) is 17.4. The number of fused-ring (bicyclic) bond motifs is 5. The van der Waals surface area contributed by atoms with Crippen LogP contribution in [0, 0.1) is 0 Å². The number of aromatic hydroxyl groups is 1. The van der Waals surface area contributed by atoms with Gasteiger partial charge in [0.25, 0.3) is 0 Å². The smallest absolute Gasteiger partial charge is 0.418 e. The molecule has 2 aromatic carbocycles. The highest BCUT2D eigenvalue weighted by atomic mass is 32.1. The topological polar surface area (TPSA) is 60.0 Å². The number of thiophene rings is 1. The lowest BCUT2D eigenvalue weighted by molar-refractivity contribution is -0.215. The van der Waals surface area contributed by atoms with Crippen molar-refractivity contribution in [1.82, 2.24) is 0 Å². The van der Waals surface area contributed by atoms with Crippen molar-refractivity contribution in [3.05, 3.63) is 63.4 Å². The Bertz CT molecular complexity index is 1450. The molecule has 0 saturated carbocycles. The number of phenolic OH excluding ortho intramolecular Hbond substituents is 1. The summed E-state index contributed by atoms with van der Waals surface area (Å²) in [6.45, 7) is 6.11. The number of phenols is 1. The van der Waals surface area contributed by atoms with E-state index in [1.165, 1.54) is 30.6 Å². The van der Waals surface area contributed by atoms with E-state index >= 15 is 0 Å². The molecule has 1 atom stereocenters. The van der Waals surface area contributed by atoms with Crippen molar-refractivity contribution in [1.29, 1.82) is 0 Å². The third-order valence-corrected chi connectivity index (χ3v) is 7.36. The number of hydrogen-bond acceptors (Lipinski definition) is 6. The SMILES string of the molecule is COc1c(O)ccc2c1-c1ccc3c(c1C(=Cc1sccc1C(OC)C(F)(F)F)O2)C(C)=CC(C)(C)N3. The minimum absolute atomic E-state index is 0.0167. The van der Waals surface area contributed by atoms with Gasteiger partial charge in [0, 0.05) is 39.9 Å². The van der Waals surface area contributed by atoms with Crippen molar-refractivity contribution < 1.29 is 32.5 Å². The summed E-state index contributed by atoms with van der Waals surface area (Å²) in [4.78, 5) is 0.377. The van der Waals surface area contributed by atoms with Crippen molar-refractivity contribution in [2.75, 3.05) is 19.5 Å². The lowest BCUT2D eigenvalue weighted by atomic mass is 9.83. The van der Waals surface area contributed by atoms with Gasteiger partial charge in [0.1, 0.15) is 11.5 Å². The molecule has 5 nitrogen and oxygen atoms in total. The highest BCUT2D eigenvalue weighted by Crippen LogP contribution is 2.54. The minimum Gasteiger partial charge on any atom is -0.504 e. The Balaban J connectivity index is 1.79. The van der Waals surface area contributed by atoms with Crippen LogP contribution in [0.5, 0.6) is 17.2 Å². The number of alkyl halides is 3. The summed E-state index contributed by atoms with van der Waals surface area (Å²) in [5.41, 5.74) is 4.47. The molecule has 2 N–H and O–H groups in total. The summed E-state index contributed by atoms with van der Waals surface area (Å²) < 4.78 is 57.9. The number of nitrogens with one attached hydrogen (secondary N) is 1. The van der Waals surface area contributed by atoms with E-state index in [2.05, 4.69) is 25.2 Å². The Labute approximate surface area is 216 Å². The Kier molecular flexibility index (Phi) is 6.03. The maximum atomic E-state index is 13.7. The molecule has 0 aliphatic carbocycles. The number of rotatable bonds is 4. The first-order valence-corrected chi connectivity index (χ1v) is 12.5. The minimum atomic E-state index is -4.57. The maximum absolute atomic E-state index is 13.7. The predicted molar refractivity (Wildman–Crippen MR) is 140 cm³/mol. The van der Waals surface area contributed by atoms with Crippen LogP contribution in [0.15, 0.2) is 41.8 Å². The average Bonchev–Trinajstić information content (AvgIpc) is 3.25. The molecule has 0 radical (unpaired) electrons. The molecule has 3 heterocycles. The van der Waals surface area contributed by atoms with Gasteiger partial charge < -0.3 is 24.6 Å². The summed E-state index contributed by atoms with van der Waals surface area (Å²) in [5, 5.41) is 15.6. The molecule has 3 aromatic rings. The van der Waals surface area contributed by atoms with E-state index in [0.29, 0.717) is 27.5 Å². The number of ether oxygens (including phenoxy) is 3. The summed E-state index contributed by atoms with van der Waals surface area (Å²) >= 11 is 1.18. The fraction of sp³-hybridized carbons (Fsp3) is 0.286. The van der Waals surface area contributed by atoms with Crippen molar-refractivity contribution in [3.8, 4) is 28.4 Å². The zero-order chi connectivity index (χ0) is 26.7. The van der Waals surface area contributed by atoms with Gasteiger partial charge in [-0.2, -0.15) is 13.2 Å². The highest BCUT2D eigenvalue weighted by Gasteiger charge is 2.43. The summed E-state index contributed by atoms with van der Waals surface area (Å²) in [6, 6.07) is 8.39. The number of hydrogen-bond donors (Lipinski definition) is 2. The molecular formula is C28H26F3NO4S. The molecule has 9 heteroatoms. The van der Waals surface area contributed by atoms with Crippen molar-refractivity contribution in [2.45, 2.75) is 38.6 Å². The third kappa shape index (κ3) is 4.26. The molecule has 1 aromatic heterocycles. The molecule has 5 rings (SSSR count). The maximum Gasteiger partial charge on any atom is 0.418 e. The van der Waals surface area contributed by atoms with Crippen LogP contribution in [-0.2, 0) is 4.74 Å². The molecule has 0 spiro atoms. The quantitative estimate of drug-likeness (QED) is 0.360. The largest absolute Gasteiger partial charge is 0.504 e. The van der Waals surface area contributed by atoms with Gasteiger partial charge in [-0.25, -0.2) is 0 Å². The lowest BCUT2D eigenvalue weighted by Crippen LogP contribution is -2.32. The first-order valence-electron chi connectivity index (χ1n) is 11.6. The Hall–Kier alpha value is -3.43. The van der Waals surface area contributed by atoms with Crippen LogP contribution >= 0.6 is 11.3 Å². The van der Waals surface area contributed by atoms with Gasteiger partial charge >= 0.3 is 6.18 Å². The average molecular weight is 530 g/mol. The van der Waals surface area contributed by atoms with Crippen molar-refractivity contribution in [2.24, 2.45) is 0 Å². The Morgan fingerprint density at radius 1 is 1.08 bits per heavy atom. The van der Waals surface area contributed by atoms with E-state index in [4.69, 9.17) is 14.2 Å². The van der Waals surface area contributed by atoms with Gasteiger partial charge in [-0.05, 0) is 62.1 Å². The van der Waals surface area contributed by atoms with Crippen LogP contribution in [0.1, 0.15) is 48.4 Å². The molecule has 194 valence electrons. The fourth-order valence-electron chi connectivity index (χ4n) is 5.17. The fourth-order valence-corrected chi connectivity index (χ4v) is 6.02. The van der Waals surface area contributed by atoms with Gasteiger partial charge in [0.05, 0.1) is 18.2 Å². The van der Waals surface area contributed by atoms with Gasteiger partial charge in [0.15, 0.2) is 17.6 Å². The molecule has 0 amide bonds. The summed E-state index contributed by atoms with van der Waals surface area (Å²) in [7, 11) is 2.51. The molecule has 2 aliphatic rings. The van der Waals surface area contributed by atoms with Crippen molar-refractivity contribution in [3.63, 3.8) is 0 Å². The second kappa shape index (κ2) is 8.85. The third-order valence-electron chi connectivity index (χ3n) is 6.48. The molecule has 0 bridgehead atoms. The van der Waals surface area contributed by atoms with E-state index in [0.717, 1.165) is 29.5 Å². The van der Waals surface area contributed by atoms with Gasteiger partial charge in [-0.3, -0.25) is 0 Å². The lowest BCUT2D eigenvalue weighted by Gasteiger charge is -2.35. The molecule has 1 unspecified atom stereocenters. The zero-order valence-corrected chi connectivity index (χ0v) is 21.7. The molecule has 37 heavy (non-hydrogen) atoms. The molecule has 2 aliphatic heterocycles. The molecular weight excluding hydrogens is 503 g/mol. The highest BCUT2D eigenvalue weighted by molar-refractivity contribution is 7.11. The Morgan fingerprint density at radius 2 is 1.84 bits per heavy atom. The monoisotopic (exact) mass is 529 g/mol. The second-order valence-electron chi connectivity index (χ2n) is 9.58. The van der Waals surface area contributed by atoms with E-state index in [1.807, 2.05) is 19.1 Å². The van der Waals surface area contributed by atoms with Crippen LogP contribution in [0.2, 0.25) is 0 Å². The summed E-state index contributed by atoms with van der Waals surface area (Å²) in [6.07, 6.45) is -2.90. The number of halogens is 3. The van der Waals surface area contributed by atoms with Crippen LogP contribution in [0.3, 0.4) is 0 Å². The van der Waals surface area contributed by atoms with Crippen LogP contribution in [0.4, 0.5) is 18.9 Å². The van der Waals surface area contributed by atoms with Gasteiger partial charge in [-0.1, -0.05) is 12.1 Å². The van der Waals surface area contributed by atoms with E-state index in [-0.39, 0.29) is 22.6 Å². The van der Waals surface area contributed by atoms with Crippen LogP contribution in [0.25, 0.3) is 28.5 Å². The predicted octanol–water partition coefficient (Wildman–Crippen LogP) is 7.88. The van der Waals surface area contributed by atoms with Crippen LogP contribution in [-0.4, -0.2) is 31.0 Å². The van der Waals surface area contributed by atoms with E-state index < -0.39 is 12.3 Å². The number of allylic oxidation sites excluding steroid dienone is 1. The number of anilines is 1. The standard InChI is InChI=1S/C28H26F3NO4S/c1-14-13-27(2,3)32-17-7-6-16-23(22(14)17)20(36-19-9-8-18(33)25(34-4)24(16)19)12-21-15(10-11-37-21)26(35-5)28(29,30)31/h6-13,26,32-33H,1-5H3. The van der Waals surface area contributed by atoms with Gasteiger partial charge in [-0.15, -0.1) is 11.3 Å².